The van der Waals surface area contributed by atoms with Crippen LogP contribution >= 0.6 is 0 Å². The van der Waals surface area contributed by atoms with Crippen molar-refractivity contribution in [2.24, 2.45) is 0 Å². The van der Waals surface area contributed by atoms with E-state index < -0.39 is 11.9 Å². The molecule has 0 saturated heterocycles. The average molecular weight is 233 g/mol. The first-order valence-corrected chi connectivity index (χ1v) is 4.90. The van der Waals surface area contributed by atoms with E-state index in [1.54, 1.807) is 6.92 Å². The molecule has 0 aliphatic carbocycles. The van der Waals surface area contributed by atoms with Crippen molar-refractivity contribution in [1.82, 2.24) is 4.98 Å². The monoisotopic (exact) mass is 233 g/mol. The molecule has 0 amide bonds. The molecule has 0 N–H and O–H groups in total. The smallest absolute Gasteiger partial charge is 0.384 e. The molecule has 88 valence electrons. The molecular weight excluding hydrogens is 222 g/mol. The van der Waals surface area contributed by atoms with Crippen molar-refractivity contribution in [3.05, 3.63) is 29.6 Å². The van der Waals surface area contributed by atoms with Crippen LogP contribution < -0.4 is 0 Å². The normalized spacial score (nSPS) is 8.82. The number of ether oxygens (including phenoxy) is 2. The molecule has 5 nitrogen and oxygen atoms in total. The fourth-order valence-corrected chi connectivity index (χ4v) is 0.989. The molecule has 0 bridgehead atoms. The van der Waals surface area contributed by atoms with Crippen LogP contribution in [0.1, 0.15) is 23.0 Å². The predicted molar refractivity (Wildman–Crippen MR) is 59.1 cm³/mol. The summed E-state index contributed by atoms with van der Waals surface area (Å²) in [7, 11) is 1.29. The first-order chi connectivity index (χ1) is 8.17. The Kier molecular flexibility index (Phi) is 4.70. The van der Waals surface area contributed by atoms with Gasteiger partial charge in [0.25, 0.3) is 0 Å². The highest BCUT2D eigenvalue weighted by Gasteiger charge is 2.04. The molecule has 1 heterocycles. The number of carbonyl (C=O) groups excluding carboxylic acids is 2. The summed E-state index contributed by atoms with van der Waals surface area (Å²) >= 11 is 0. The van der Waals surface area contributed by atoms with Gasteiger partial charge in [-0.15, -0.1) is 0 Å². The van der Waals surface area contributed by atoms with Gasteiger partial charge in [0.15, 0.2) is 0 Å². The van der Waals surface area contributed by atoms with Gasteiger partial charge in [0.05, 0.1) is 19.3 Å². The number of nitrogens with zero attached hydrogens (tertiary/aromatic N) is 1. The lowest BCUT2D eigenvalue weighted by molar-refractivity contribution is -0.136. The fourth-order valence-electron chi connectivity index (χ4n) is 0.989. The van der Waals surface area contributed by atoms with Crippen molar-refractivity contribution in [2.75, 3.05) is 13.7 Å². The summed E-state index contributed by atoms with van der Waals surface area (Å²) in [5.41, 5.74) is 0.708. The first-order valence-electron chi connectivity index (χ1n) is 4.90. The summed E-state index contributed by atoms with van der Waals surface area (Å²) in [4.78, 5) is 25.9. The molecule has 1 aromatic rings. The van der Waals surface area contributed by atoms with E-state index in [0.717, 1.165) is 0 Å². The standard InChI is InChI=1S/C12H11NO4/c1-3-17-11(14)7-6-10-5-4-9(8-13-10)12(15)16-2/h4-5,8H,3H2,1-2H3. The van der Waals surface area contributed by atoms with E-state index in [4.69, 9.17) is 0 Å². The van der Waals surface area contributed by atoms with Gasteiger partial charge in [-0.1, -0.05) is 0 Å². The maximum atomic E-state index is 11.1. The molecule has 1 aromatic heterocycles. The van der Waals surface area contributed by atoms with Crippen LogP contribution in [-0.4, -0.2) is 30.6 Å². The molecule has 0 saturated carbocycles. The van der Waals surface area contributed by atoms with E-state index in [9.17, 15) is 9.59 Å². The van der Waals surface area contributed by atoms with E-state index in [1.165, 1.54) is 25.4 Å². The van der Waals surface area contributed by atoms with Gasteiger partial charge in [0.2, 0.25) is 0 Å². The van der Waals surface area contributed by atoms with Crippen LogP contribution in [0.15, 0.2) is 18.3 Å². The molecule has 0 aliphatic rings. The zero-order valence-electron chi connectivity index (χ0n) is 9.52. The van der Waals surface area contributed by atoms with E-state index in [2.05, 4.69) is 26.3 Å². The summed E-state index contributed by atoms with van der Waals surface area (Å²) in [6.45, 7) is 1.98. The summed E-state index contributed by atoms with van der Waals surface area (Å²) < 4.78 is 9.15. The number of hydrogen-bond donors (Lipinski definition) is 0. The highest BCUT2D eigenvalue weighted by atomic mass is 16.5. The molecule has 5 heteroatoms. The molecule has 0 atom stereocenters. The topological polar surface area (TPSA) is 65.5 Å². The van der Waals surface area contributed by atoms with E-state index in [-0.39, 0.29) is 6.61 Å². The predicted octanol–water partition coefficient (Wildman–Crippen LogP) is 0.783. The number of hydrogen-bond acceptors (Lipinski definition) is 5. The second-order valence-electron chi connectivity index (χ2n) is 2.89. The average Bonchev–Trinajstić information content (AvgIpc) is 2.36. The Balaban J connectivity index is 2.75. The number of methoxy groups -OCH3 is 1. The Morgan fingerprint density at radius 3 is 2.71 bits per heavy atom. The van der Waals surface area contributed by atoms with Gasteiger partial charge in [-0.25, -0.2) is 14.6 Å². The van der Waals surface area contributed by atoms with Gasteiger partial charge in [-0.05, 0) is 25.0 Å². The van der Waals surface area contributed by atoms with Crippen LogP contribution in [0.2, 0.25) is 0 Å². The molecule has 0 aliphatic heterocycles. The number of aromatic nitrogens is 1. The van der Waals surface area contributed by atoms with Gasteiger partial charge in [-0.3, -0.25) is 0 Å². The third kappa shape index (κ3) is 3.95. The number of pyridine rings is 1. The largest absolute Gasteiger partial charge is 0.465 e. The summed E-state index contributed by atoms with van der Waals surface area (Å²) in [5, 5.41) is 0. The maximum absolute atomic E-state index is 11.1. The van der Waals surface area contributed by atoms with Crippen molar-refractivity contribution in [2.45, 2.75) is 6.92 Å². The molecule has 0 unspecified atom stereocenters. The maximum Gasteiger partial charge on any atom is 0.384 e. The van der Waals surface area contributed by atoms with E-state index in [0.29, 0.717) is 11.3 Å². The fraction of sp³-hybridized carbons (Fsp3) is 0.250. The van der Waals surface area contributed by atoms with Crippen molar-refractivity contribution in [1.29, 1.82) is 0 Å². The van der Waals surface area contributed by atoms with E-state index in [1.807, 2.05) is 0 Å². The Morgan fingerprint density at radius 2 is 2.18 bits per heavy atom. The summed E-state index contributed by atoms with van der Waals surface area (Å²) in [5.74, 6) is 3.72. The minimum Gasteiger partial charge on any atom is -0.465 e. The van der Waals surface area contributed by atoms with Gasteiger partial charge >= 0.3 is 11.9 Å². The molecular formula is C12H11NO4. The Bertz CT molecular complexity index is 468. The van der Waals surface area contributed by atoms with Crippen LogP contribution in [0.5, 0.6) is 0 Å². The van der Waals surface area contributed by atoms with Crippen LogP contribution in [0.4, 0.5) is 0 Å². The minimum atomic E-state index is -0.605. The van der Waals surface area contributed by atoms with Crippen LogP contribution in [0, 0.1) is 11.8 Å². The molecule has 0 spiro atoms. The van der Waals surface area contributed by atoms with Crippen LogP contribution in [0.25, 0.3) is 0 Å². The SMILES string of the molecule is CCOC(=O)C#Cc1ccc(C(=O)OC)cn1. The quantitative estimate of drug-likeness (QED) is 0.558. The van der Waals surface area contributed by atoms with Crippen molar-refractivity contribution in [3.8, 4) is 11.8 Å². The lowest BCUT2D eigenvalue weighted by Gasteiger charge is -1.97. The van der Waals surface area contributed by atoms with E-state index >= 15 is 0 Å². The Morgan fingerprint density at radius 1 is 1.41 bits per heavy atom. The van der Waals surface area contributed by atoms with Gasteiger partial charge in [0.1, 0.15) is 5.69 Å². The number of rotatable bonds is 2. The molecule has 0 radical (unpaired) electrons. The highest BCUT2D eigenvalue weighted by Crippen LogP contribution is 2.00. The van der Waals surface area contributed by atoms with Crippen LogP contribution in [-0.2, 0) is 14.3 Å². The van der Waals surface area contributed by atoms with Crippen molar-refractivity contribution in [3.63, 3.8) is 0 Å². The Labute approximate surface area is 98.8 Å². The highest BCUT2D eigenvalue weighted by molar-refractivity contribution is 5.90. The second-order valence-corrected chi connectivity index (χ2v) is 2.89. The second kappa shape index (κ2) is 6.28. The van der Waals surface area contributed by atoms with Crippen molar-refractivity contribution < 1.29 is 19.1 Å². The van der Waals surface area contributed by atoms with Crippen molar-refractivity contribution >= 4 is 11.9 Å². The van der Waals surface area contributed by atoms with Gasteiger partial charge in [-0.2, -0.15) is 0 Å². The minimum absolute atomic E-state index is 0.280. The zero-order valence-corrected chi connectivity index (χ0v) is 9.52. The van der Waals surface area contributed by atoms with Gasteiger partial charge in [0, 0.05) is 12.1 Å². The summed E-state index contributed by atoms with van der Waals surface area (Å²) in [6, 6.07) is 3.05. The lowest BCUT2D eigenvalue weighted by atomic mass is 10.2. The first kappa shape index (κ1) is 12.7. The molecule has 1 rings (SSSR count). The zero-order chi connectivity index (χ0) is 12.7. The van der Waals surface area contributed by atoms with Gasteiger partial charge < -0.3 is 9.47 Å². The third-order valence-corrected chi connectivity index (χ3v) is 1.75. The number of esters is 2. The molecule has 0 aromatic carbocycles. The molecule has 0 fully saturated rings. The molecule has 17 heavy (non-hydrogen) atoms. The number of carbonyl (C=O) groups is 2. The van der Waals surface area contributed by atoms with Crippen LogP contribution in [0.3, 0.4) is 0 Å². The lowest BCUT2D eigenvalue weighted by Crippen LogP contribution is -2.02. The third-order valence-electron chi connectivity index (χ3n) is 1.75. The Hall–Kier alpha value is -2.35. The summed E-state index contributed by atoms with van der Waals surface area (Å²) in [6.07, 6.45) is 1.33.